The number of sulfonamides is 1. The van der Waals surface area contributed by atoms with Crippen molar-refractivity contribution in [1.82, 2.24) is 4.31 Å². The Morgan fingerprint density at radius 2 is 1.95 bits per heavy atom. The fraction of sp³-hybridized carbons (Fsp3) is 0.286. The molecular weight excluding hydrogens is 314 g/mol. The van der Waals surface area contributed by atoms with Gasteiger partial charge in [0.25, 0.3) is 0 Å². The van der Waals surface area contributed by atoms with Gasteiger partial charge in [0, 0.05) is 11.6 Å². The molecule has 0 saturated carbocycles. The van der Waals surface area contributed by atoms with Crippen LogP contribution in [-0.2, 0) is 10.0 Å². The van der Waals surface area contributed by atoms with Gasteiger partial charge in [0.15, 0.2) is 0 Å². The lowest BCUT2D eigenvalue weighted by molar-refractivity contribution is 0.397. The molecule has 1 aliphatic heterocycles. The van der Waals surface area contributed by atoms with Crippen LogP contribution < -0.4 is 0 Å². The van der Waals surface area contributed by atoms with Gasteiger partial charge in [0.2, 0.25) is 10.0 Å². The monoisotopic (exact) mass is 327 g/mol. The van der Waals surface area contributed by atoms with Gasteiger partial charge in [0.05, 0.1) is 10.9 Å². The number of halogens is 1. The Bertz CT molecular complexity index is 680. The van der Waals surface area contributed by atoms with Crippen LogP contribution in [0.15, 0.2) is 46.0 Å². The fourth-order valence-corrected chi connectivity index (χ4v) is 5.08. The summed E-state index contributed by atoms with van der Waals surface area (Å²) in [4.78, 5) is 0.309. The third-order valence-corrected chi connectivity index (χ3v) is 6.43. The normalized spacial score (nSPS) is 20.4. The summed E-state index contributed by atoms with van der Waals surface area (Å²) in [6.45, 7) is 0.575. The minimum atomic E-state index is -3.45. The summed E-state index contributed by atoms with van der Waals surface area (Å²) < 4.78 is 27.1. The lowest BCUT2D eigenvalue weighted by atomic mass is 10.1. The van der Waals surface area contributed by atoms with Crippen LogP contribution in [0, 0.1) is 0 Å². The van der Waals surface area contributed by atoms with E-state index in [1.54, 1.807) is 39.9 Å². The molecule has 0 aliphatic carbocycles. The predicted octanol–water partition coefficient (Wildman–Crippen LogP) is 3.93. The van der Waals surface area contributed by atoms with Crippen molar-refractivity contribution < 1.29 is 8.42 Å². The highest BCUT2D eigenvalue weighted by Crippen LogP contribution is 2.37. The van der Waals surface area contributed by atoms with E-state index in [-0.39, 0.29) is 6.04 Å². The number of hydrogen-bond acceptors (Lipinski definition) is 3. The molecule has 1 aromatic carbocycles. The van der Waals surface area contributed by atoms with Gasteiger partial charge in [-0.25, -0.2) is 8.42 Å². The lowest BCUT2D eigenvalue weighted by Crippen LogP contribution is -2.30. The second-order valence-corrected chi connectivity index (χ2v) is 7.89. The number of hydrogen-bond donors (Lipinski definition) is 0. The molecule has 1 unspecified atom stereocenters. The van der Waals surface area contributed by atoms with E-state index >= 15 is 0 Å². The lowest BCUT2D eigenvalue weighted by Gasteiger charge is -2.23. The van der Waals surface area contributed by atoms with Crippen molar-refractivity contribution >= 4 is 33.0 Å². The summed E-state index contributed by atoms with van der Waals surface area (Å²) in [5.41, 5.74) is 1.09. The van der Waals surface area contributed by atoms with E-state index in [1.165, 1.54) is 0 Å². The quantitative estimate of drug-likeness (QED) is 0.856. The van der Waals surface area contributed by atoms with E-state index in [0.717, 1.165) is 18.4 Å². The van der Waals surface area contributed by atoms with E-state index in [9.17, 15) is 8.42 Å². The molecule has 1 aliphatic rings. The van der Waals surface area contributed by atoms with Crippen LogP contribution >= 0.6 is 22.9 Å². The first-order chi connectivity index (χ1) is 9.59. The summed E-state index contributed by atoms with van der Waals surface area (Å²) >= 11 is 7.42. The van der Waals surface area contributed by atoms with E-state index in [1.807, 2.05) is 16.8 Å². The molecule has 0 N–H and O–H groups in total. The predicted molar refractivity (Wildman–Crippen MR) is 81.6 cm³/mol. The number of thiophene rings is 1. The minimum absolute atomic E-state index is 0.0399. The average Bonchev–Trinajstić information content (AvgIpc) is 3.10. The largest absolute Gasteiger partial charge is 0.243 e. The number of rotatable bonds is 3. The standard InChI is InChI=1S/C14H14ClNO2S2/c15-12-3-5-13(6-4-12)20(17,18)16-8-1-2-14(16)11-7-9-19-10-11/h3-7,9-10,14H,1-2,8H2. The van der Waals surface area contributed by atoms with Crippen molar-refractivity contribution in [2.75, 3.05) is 6.54 Å². The van der Waals surface area contributed by atoms with E-state index in [2.05, 4.69) is 0 Å². The fourth-order valence-electron chi connectivity index (χ4n) is 2.57. The summed E-state index contributed by atoms with van der Waals surface area (Å²) in [6.07, 6.45) is 1.77. The van der Waals surface area contributed by atoms with E-state index in [4.69, 9.17) is 11.6 Å². The number of benzene rings is 1. The van der Waals surface area contributed by atoms with E-state index in [0.29, 0.717) is 16.5 Å². The first-order valence-corrected chi connectivity index (χ1v) is 9.14. The molecule has 0 bridgehead atoms. The van der Waals surface area contributed by atoms with Crippen molar-refractivity contribution in [3.63, 3.8) is 0 Å². The van der Waals surface area contributed by atoms with Crippen LogP contribution in [0.1, 0.15) is 24.4 Å². The molecule has 1 aromatic heterocycles. The zero-order valence-corrected chi connectivity index (χ0v) is 13.1. The van der Waals surface area contributed by atoms with Gasteiger partial charge in [-0.15, -0.1) is 0 Å². The molecule has 0 spiro atoms. The Morgan fingerprint density at radius 1 is 1.20 bits per heavy atom. The highest BCUT2D eigenvalue weighted by molar-refractivity contribution is 7.89. The van der Waals surface area contributed by atoms with Gasteiger partial charge in [0.1, 0.15) is 0 Å². The van der Waals surface area contributed by atoms with Crippen molar-refractivity contribution in [2.24, 2.45) is 0 Å². The highest BCUT2D eigenvalue weighted by Gasteiger charge is 2.36. The maximum absolute atomic E-state index is 12.7. The van der Waals surface area contributed by atoms with Crippen LogP contribution in [0.2, 0.25) is 5.02 Å². The molecule has 3 rings (SSSR count). The van der Waals surface area contributed by atoms with Crippen molar-refractivity contribution in [3.05, 3.63) is 51.7 Å². The molecule has 1 fully saturated rings. The highest BCUT2D eigenvalue weighted by atomic mass is 35.5. The third kappa shape index (κ3) is 2.51. The zero-order chi connectivity index (χ0) is 14.2. The van der Waals surface area contributed by atoms with Crippen LogP contribution in [0.4, 0.5) is 0 Å². The molecule has 6 heteroatoms. The molecule has 106 valence electrons. The third-order valence-electron chi connectivity index (χ3n) is 3.55. The van der Waals surface area contributed by atoms with Crippen molar-refractivity contribution in [1.29, 1.82) is 0 Å². The van der Waals surface area contributed by atoms with Gasteiger partial charge in [-0.3, -0.25) is 0 Å². The second-order valence-electron chi connectivity index (χ2n) is 4.78. The number of nitrogens with zero attached hydrogens (tertiary/aromatic N) is 1. The summed E-state index contributed by atoms with van der Waals surface area (Å²) in [5.74, 6) is 0. The Balaban J connectivity index is 1.96. The molecule has 3 nitrogen and oxygen atoms in total. The van der Waals surface area contributed by atoms with Crippen LogP contribution in [-0.4, -0.2) is 19.3 Å². The molecule has 1 atom stereocenters. The van der Waals surface area contributed by atoms with E-state index < -0.39 is 10.0 Å². The van der Waals surface area contributed by atoms with Crippen molar-refractivity contribution in [2.45, 2.75) is 23.8 Å². The van der Waals surface area contributed by atoms with Crippen LogP contribution in [0.25, 0.3) is 0 Å². The Morgan fingerprint density at radius 3 is 2.60 bits per heavy atom. The van der Waals surface area contributed by atoms with Gasteiger partial charge in [-0.2, -0.15) is 15.6 Å². The van der Waals surface area contributed by atoms with Crippen molar-refractivity contribution in [3.8, 4) is 0 Å². The Kier molecular flexibility index (Phi) is 3.86. The van der Waals surface area contributed by atoms with Crippen LogP contribution in [0.5, 0.6) is 0 Å². The van der Waals surface area contributed by atoms with Crippen LogP contribution in [0.3, 0.4) is 0 Å². The second kappa shape index (κ2) is 5.48. The molecule has 20 heavy (non-hydrogen) atoms. The molecule has 0 amide bonds. The Labute approximate surface area is 127 Å². The maximum atomic E-state index is 12.7. The molecule has 1 saturated heterocycles. The molecule has 0 radical (unpaired) electrons. The first-order valence-electron chi connectivity index (χ1n) is 6.38. The average molecular weight is 328 g/mol. The molecular formula is C14H14ClNO2S2. The van der Waals surface area contributed by atoms with Gasteiger partial charge < -0.3 is 0 Å². The smallest absolute Gasteiger partial charge is 0.207 e. The molecule has 2 aromatic rings. The Hall–Kier alpha value is -0.880. The zero-order valence-electron chi connectivity index (χ0n) is 10.7. The van der Waals surface area contributed by atoms with Gasteiger partial charge >= 0.3 is 0 Å². The maximum Gasteiger partial charge on any atom is 0.243 e. The minimum Gasteiger partial charge on any atom is -0.207 e. The topological polar surface area (TPSA) is 37.4 Å². The summed E-state index contributed by atoms with van der Waals surface area (Å²) in [6, 6.07) is 8.34. The summed E-state index contributed by atoms with van der Waals surface area (Å²) in [7, 11) is -3.45. The molecule has 2 heterocycles. The first kappa shape index (κ1) is 14.1. The SMILES string of the molecule is O=S(=O)(c1ccc(Cl)cc1)N1CCCC1c1ccsc1. The summed E-state index contributed by atoms with van der Waals surface area (Å²) in [5, 5.41) is 4.56. The van der Waals surface area contributed by atoms with Gasteiger partial charge in [-0.05, 0) is 59.5 Å². The van der Waals surface area contributed by atoms with Gasteiger partial charge in [-0.1, -0.05) is 11.6 Å².